The topological polar surface area (TPSA) is 41.3 Å². The molecule has 0 aromatic carbocycles. The van der Waals surface area contributed by atoms with Crippen molar-refractivity contribution >= 4 is 0 Å². The molecule has 3 heteroatoms. The van der Waals surface area contributed by atoms with Gasteiger partial charge in [-0.15, -0.1) is 0 Å². The summed E-state index contributed by atoms with van der Waals surface area (Å²) in [6.07, 6.45) is 2.70. The van der Waals surface area contributed by atoms with Crippen LogP contribution in [0.3, 0.4) is 0 Å². The Morgan fingerprint density at radius 3 is 2.45 bits per heavy atom. The summed E-state index contributed by atoms with van der Waals surface area (Å²) in [5, 5.41) is 3.29. The van der Waals surface area contributed by atoms with Gasteiger partial charge in [0, 0.05) is 12.6 Å². The minimum Gasteiger partial charge on any atom is -0.333 e. The first-order chi connectivity index (χ1) is 5.33. The summed E-state index contributed by atoms with van der Waals surface area (Å²) in [5.41, 5.74) is 4.50. The van der Waals surface area contributed by atoms with Gasteiger partial charge < -0.3 is 16.0 Å². The highest BCUT2D eigenvalue weighted by Crippen LogP contribution is 2.06. The van der Waals surface area contributed by atoms with E-state index < -0.39 is 0 Å². The predicted octanol–water partition coefficient (Wildman–Crippen LogP) is -0.125. The molecule has 3 N–H and O–H groups in total. The van der Waals surface area contributed by atoms with Gasteiger partial charge in [-0.3, -0.25) is 0 Å². The highest BCUT2D eigenvalue weighted by molar-refractivity contribution is 4.74. The number of likely N-dealkylation sites (N-methyl/N-ethyl adjacent to an activating group) is 2. The Morgan fingerprint density at radius 1 is 1.45 bits per heavy atom. The third kappa shape index (κ3) is 4.35. The lowest BCUT2D eigenvalue weighted by Gasteiger charge is -2.29. The molecular weight excluding hydrogens is 138 g/mol. The van der Waals surface area contributed by atoms with Gasteiger partial charge in [0.15, 0.2) is 0 Å². The fourth-order valence-electron chi connectivity index (χ4n) is 1.40. The molecule has 1 atom stereocenters. The number of nitrogens with zero attached hydrogens (tertiary/aromatic N) is 1. The van der Waals surface area contributed by atoms with Crippen molar-refractivity contribution in [2.75, 3.05) is 34.2 Å². The molecule has 0 aliphatic carbocycles. The number of hydrogen-bond acceptors (Lipinski definition) is 3. The minimum absolute atomic E-state index is 0.740. The van der Waals surface area contributed by atoms with Crippen LogP contribution < -0.4 is 11.1 Å². The van der Waals surface area contributed by atoms with E-state index in [-0.39, 0.29) is 0 Å². The maximum absolute atomic E-state index is 4.50. The molecule has 0 amide bonds. The largest absolute Gasteiger partial charge is 0.333 e. The lowest BCUT2D eigenvalue weighted by Crippen LogP contribution is -2.42. The Bertz CT molecular complexity index is 85.4. The first kappa shape index (κ1) is 10.9. The van der Waals surface area contributed by atoms with E-state index in [1.807, 2.05) is 7.05 Å². The van der Waals surface area contributed by atoms with Crippen LogP contribution in [0.2, 0.25) is 0 Å². The van der Waals surface area contributed by atoms with E-state index in [0.29, 0.717) is 0 Å². The number of nitrogens with one attached hydrogen (secondary N) is 1. The Morgan fingerprint density at radius 2 is 2.09 bits per heavy atom. The number of nitrogens with two attached hydrogens (primary N) is 1. The van der Waals surface area contributed by atoms with Crippen LogP contribution in [0.1, 0.15) is 12.8 Å². The molecule has 1 rings (SSSR count). The molecule has 1 heterocycles. The summed E-state index contributed by atoms with van der Waals surface area (Å²) in [6, 6.07) is 0.740. The molecule has 1 unspecified atom stereocenters. The lowest BCUT2D eigenvalue weighted by molar-refractivity contribution is 0.234. The average Bonchev–Trinajstić information content (AvgIpc) is 2.08. The molecule has 0 saturated carbocycles. The zero-order valence-corrected chi connectivity index (χ0v) is 7.93. The first-order valence-corrected chi connectivity index (χ1v) is 4.26. The van der Waals surface area contributed by atoms with Gasteiger partial charge >= 0.3 is 0 Å². The van der Waals surface area contributed by atoms with E-state index in [1.54, 1.807) is 0 Å². The quantitative estimate of drug-likeness (QED) is 0.560. The summed E-state index contributed by atoms with van der Waals surface area (Å²) >= 11 is 0. The molecule has 0 bridgehead atoms. The number of piperidine rings is 1. The highest BCUT2D eigenvalue weighted by atomic mass is 15.1. The van der Waals surface area contributed by atoms with Gasteiger partial charge in [0.25, 0.3) is 0 Å². The molecule has 68 valence electrons. The second-order valence-corrected chi connectivity index (χ2v) is 2.89. The second-order valence-electron chi connectivity index (χ2n) is 2.89. The maximum atomic E-state index is 4.50. The van der Waals surface area contributed by atoms with E-state index in [1.165, 1.54) is 33.0 Å². The molecule has 0 radical (unpaired) electrons. The Labute approximate surface area is 69.9 Å². The molecule has 1 saturated heterocycles. The van der Waals surface area contributed by atoms with Crippen LogP contribution in [-0.4, -0.2) is 45.2 Å². The van der Waals surface area contributed by atoms with Crippen LogP contribution in [0.4, 0.5) is 0 Å². The van der Waals surface area contributed by atoms with Gasteiger partial charge in [-0.05, 0) is 40.5 Å². The number of hydrogen-bond donors (Lipinski definition) is 2. The molecule has 3 nitrogen and oxygen atoms in total. The molecule has 0 aromatic rings. The van der Waals surface area contributed by atoms with Crippen molar-refractivity contribution in [3.63, 3.8) is 0 Å². The van der Waals surface area contributed by atoms with Crippen molar-refractivity contribution in [1.82, 2.24) is 10.2 Å². The summed E-state index contributed by atoms with van der Waals surface area (Å²) in [5.74, 6) is 0. The van der Waals surface area contributed by atoms with Gasteiger partial charge in [0.2, 0.25) is 0 Å². The van der Waals surface area contributed by atoms with Crippen molar-refractivity contribution in [3.8, 4) is 0 Å². The van der Waals surface area contributed by atoms with Gasteiger partial charge in [0.1, 0.15) is 0 Å². The molecule has 1 aliphatic rings. The maximum Gasteiger partial charge on any atom is 0.0192 e. The van der Waals surface area contributed by atoms with E-state index in [4.69, 9.17) is 0 Å². The lowest BCUT2D eigenvalue weighted by atomic mass is 10.1. The Kier molecular flexibility index (Phi) is 6.51. The monoisotopic (exact) mass is 159 g/mol. The Balaban J connectivity index is 0.000000461. The van der Waals surface area contributed by atoms with Gasteiger partial charge in [-0.2, -0.15) is 0 Å². The fourth-order valence-corrected chi connectivity index (χ4v) is 1.40. The van der Waals surface area contributed by atoms with Crippen molar-refractivity contribution in [2.45, 2.75) is 18.9 Å². The summed E-state index contributed by atoms with van der Waals surface area (Å²) < 4.78 is 0. The van der Waals surface area contributed by atoms with Crippen molar-refractivity contribution in [2.24, 2.45) is 5.73 Å². The van der Waals surface area contributed by atoms with Crippen molar-refractivity contribution < 1.29 is 0 Å². The van der Waals surface area contributed by atoms with Crippen LogP contribution in [0.15, 0.2) is 0 Å². The molecule has 0 aromatic heterocycles. The van der Waals surface area contributed by atoms with Crippen LogP contribution in [0.25, 0.3) is 0 Å². The molecule has 0 spiro atoms. The standard InChI is InChI=1S/C7H16N2.CH5N/c1-8-7-4-3-5-9(2)6-7;1-2/h7-8H,3-6H2,1-2H3;2H2,1H3. The second kappa shape index (κ2) is 6.58. The summed E-state index contributed by atoms with van der Waals surface area (Å²) in [7, 11) is 5.73. The molecule has 1 fully saturated rings. The zero-order valence-electron chi connectivity index (χ0n) is 7.93. The van der Waals surface area contributed by atoms with Crippen molar-refractivity contribution in [1.29, 1.82) is 0 Å². The molecule has 11 heavy (non-hydrogen) atoms. The van der Waals surface area contributed by atoms with Crippen LogP contribution >= 0.6 is 0 Å². The minimum atomic E-state index is 0.740. The third-order valence-corrected chi connectivity index (χ3v) is 2.03. The number of rotatable bonds is 1. The van der Waals surface area contributed by atoms with E-state index in [0.717, 1.165) is 6.04 Å². The van der Waals surface area contributed by atoms with Gasteiger partial charge in [0.05, 0.1) is 0 Å². The Hall–Kier alpha value is -0.120. The molecule has 1 aliphatic heterocycles. The SMILES string of the molecule is CN.CNC1CCCN(C)C1. The normalized spacial score (nSPS) is 25.6. The van der Waals surface area contributed by atoms with E-state index >= 15 is 0 Å². The van der Waals surface area contributed by atoms with Gasteiger partial charge in [-0.1, -0.05) is 0 Å². The summed E-state index contributed by atoms with van der Waals surface area (Å²) in [4.78, 5) is 2.38. The third-order valence-electron chi connectivity index (χ3n) is 2.03. The van der Waals surface area contributed by atoms with Crippen LogP contribution in [0.5, 0.6) is 0 Å². The van der Waals surface area contributed by atoms with E-state index in [9.17, 15) is 0 Å². The fraction of sp³-hybridized carbons (Fsp3) is 1.00. The van der Waals surface area contributed by atoms with Crippen LogP contribution in [0, 0.1) is 0 Å². The average molecular weight is 159 g/mol. The summed E-state index contributed by atoms with van der Waals surface area (Å²) in [6.45, 7) is 2.49. The molecular formula is C8H21N3. The zero-order chi connectivity index (χ0) is 8.69. The number of likely N-dealkylation sites (tertiary alicyclic amines) is 1. The smallest absolute Gasteiger partial charge is 0.0192 e. The van der Waals surface area contributed by atoms with Crippen molar-refractivity contribution in [3.05, 3.63) is 0 Å². The van der Waals surface area contributed by atoms with E-state index in [2.05, 4.69) is 23.0 Å². The highest BCUT2D eigenvalue weighted by Gasteiger charge is 2.13. The van der Waals surface area contributed by atoms with Crippen LogP contribution in [-0.2, 0) is 0 Å². The van der Waals surface area contributed by atoms with Gasteiger partial charge in [-0.25, -0.2) is 0 Å². The predicted molar refractivity (Wildman–Crippen MR) is 49.7 cm³/mol. The first-order valence-electron chi connectivity index (χ1n) is 4.26.